The Balaban J connectivity index is 2.22. The van der Waals surface area contributed by atoms with E-state index < -0.39 is 0 Å². The lowest BCUT2D eigenvalue weighted by Crippen LogP contribution is -1.91. The molecule has 3 rings (SSSR count). The first-order chi connectivity index (χ1) is 8.34. The lowest BCUT2D eigenvalue weighted by Gasteiger charge is -2.03. The number of phenols is 1. The zero-order chi connectivity index (χ0) is 11.7. The largest absolute Gasteiger partial charge is 0.507 e. The van der Waals surface area contributed by atoms with E-state index >= 15 is 0 Å². The molecule has 0 spiro atoms. The number of hydrogen-bond donors (Lipinski definition) is 1. The van der Waals surface area contributed by atoms with Gasteiger partial charge in [0, 0.05) is 5.56 Å². The summed E-state index contributed by atoms with van der Waals surface area (Å²) < 4.78 is 0. The summed E-state index contributed by atoms with van der Waals surface area (Å²) in [4.78, 5) is 16.4. The van der Waals surface area contributed by atoms with Gasteiger partial charge in [0.25, 0.3) is 0 Å². The van der Waals surface area contributed by atoms with Crippen LogP contribution in [0.25, 0.3) is 22.4 Å². The van der Waals surface area contributed by atoms with Crippen molar-refractivity contribution in [2.75, 3.05) is 0 Å². The van der Waals surface area contributed by atoms with Crippen LogP contribution in [0.5, 0.6) is 5.75 Å². The van der Waals surface area contributed by atoms with Gasteiger partial charge in [0.1, 0.15) is 17.6 Å². The monoisotopic (exact) mass is 224 g/mol. The molecular formula is C12H8N4O. The van der Waals surface area contributed by atoms with E-state index in [0.29, 0.717) is 22.4 Å². The molecule has 5 heteroatoms. The molecule has 0 aliphatic heterocycles. The summed E-state index contributed by atoms with van der Waals surface area (Å²) in [6.07, 6.45) is 4.62. The van der Waals surface area contributed by atoms with E-state index in [1.54, 1.807) is 30.6 Å². The summed E-state index contributed by atoms with van der Waals surface area (Å²) in [7, 11) is 0. The third-order valence-corrected chi connectivity index (χ3v) is 2.40. The van der Waals surface area contributed by atoms with Crippen LogP contribution in [0.3, 0.4) is 0 Å². The third kappa shape index (κ3) is 1.67. The highest BCUT2D eigenvalue weighted by molar-refractivity contribution is 5.74. The van der Waals surface area contributed by atoms with Crippen molar-refractivity contribution >= 4 is 11.2 Å². The topological polar surface area (TPSA) is 71.8 Å². The molecule has 1 aromatic carbocycles. The average Bonchev–Trinajstić information content (AvgIpc) is 2.39. The third-order valence-electron chi connectivity index (χ3n) is 2.40. The fourth-order valence-corrected chi connectivity index (χ4v) is 1.59. The van der Waals surface area contributed by atoms with Crippen molar-refractivity contribution in [2.45, 2.75) is 0 Å². The second-order valence-corrected chi connectivity index (χ2v) is 3.50. The minimum Gasteiger partial charge on any atom is -0.507 e. The van der Waals surface area contributed by atoms with Gasteiger partial charge in [0.05, 0.1) is 18.1 Å². The van der Waals surface area contributed by atoms with Gasteiger partial charge in [-0.15, -0.1) is 0 Å². The number of phenolic OH excluding ortho intramolecular Hbond substituents is 1. The molecule has 2 heterocycles. The number of nitrogens with zero attached hydrogens (tertiary/aromatic N) is 4. The predicted octanol–water partition coefficient (Wildman–Crippen LogP) is 1.79. The summed E-state index contributed by atoms with van der Waals surface area (Å²) >= 11 is 0. The number of benzene rings is 1. The van der Waals surface area contributed by atoms with Crippen LogP contribution in [0.4, 0.5) is 0 Å². The van der Waals surface area contributed by atoms with Gasteiger partial charge in [0.15, 0.2) is 5.65 Å². The van der Waals surface area contributed by atoms with Crippen molar-refractivity contribution in [1.82, 2.24) is 19.9 Å². The fourth-order valence-electron chi connectivity index (χ4n) is 1.59. The van der Waals surface area contributed by atoms with Crippen molar-refractivity contribution in [3.63, 3.8) is 0 Å². The number of para-hydroxylation sites is 1. The maximum atomic E-state index is 9.74. The Morgan fingerprint density at radius 2 is 1.88 bits per heavy atom. The van der Waals surface area contributed by atoms with E-state index in [4.69, 9.17) is 0 Å². The van der Waals surface area contributed by atoms with Crippen LogP contribution in [0, 0.1) is 0 Å². The first-order valence-electron chi connectivity index (χ1n) is 5.06. The molecule has 2 aromatic heterocycles. The van der Waals surface area contributed by atoms with Crippen molar-refractivity contribution < 1.29 is 5.11 Å². The lowest BCUT2D eigenvalue weighted by molar-refractivity contribution is 0.477. The van der Waals surface area contributed by atoms with Crippen LogP contribution in [-0.4, -0.2) is 25.0 Å². The van der Waals surface area contributed by atoms with Crippen LogP contribution in [0.15, 0.2) is 43.0 Å². The average molecular weight is 224 g/mol. The zero-order valence-corrected chi connectivity index (χ0v) is 8.78. The highest BCUT2D eigenvalue weighted by Gasteiger charge is 2.06. The molecule has 82 valence electrons. The minimum absolute atomic E-state index is 0.176. The van der Waals surface area contributed by atoms with Crippen molar-refractivity contribution in [1.29, 1.82) is 0 Å². The normalized spacial score (nSPS) is 10.6. The first kappa shape index (κ1) is 9.65. The van der Waals surface area contributed by atoms with Crippen LogP contribution >= 0.6 is 0 Å². The second kappa shape index (κ2) is 3.79. The van der Waals surface area contributed by atoms with Crippen molar-refractivity contribution in [2.24, 2.45) is 0 Å². The molecule has 0 bridgehead atoms. The molecule has 0 aliphatic rings. The molecule has 0 atom stereocenters. The van der Waals surface area contributed by atoms with Crippen molar-refractivity contribution in [3.8, 4) is 17.0 Å². The van der Waals surface area contributed by atoms with Gasteiger partial charge in [0.2, 0.25) is 0 Å². The van der Waals surface area contributed by atoms with Gasteiger partial charge in [-0.25, -0.2) is 19.9 Å². The molecule has 3 aromatic rings. The minimum atomic E-state index is 0.176. The molecule has 0 saturated carbocycles. The molecule has 17 heavy (non-hydrogen) atoms. The molecule has 0 amide bonds. The van der Waals surface area contributed by atoms with E-state index in [0.717, 1.165) is 0 Å². The quantitative estimate of drug-likeness (QED) is 0.682. The fraction of sp³-hybridized carbons (Fsp3) is 0. The number of hydrogen-bond acceptors (Lipinski definition) is 5. The van der Waals surface area contributed by atoms with E-state index in [1.807, 2.05) is 6.07 Å². The summed E-state index contributed by atoms with van der Waals surface area (Å²) in [6, 6.07) is 6.99. The molecule has 1 N–H and O–H groups in total. The summed E-state index contributed by atoms with van der Waals surface area (Å²) in [5, 5.41) is 9.74. The Labute approximate surface area is 96.8 Å². The first-order valence-corrected chi connectivity index (χ1v) is 5.06. The summed E-state index contributed by atoms with van der Waals surface area (Å²) in [5.74, 6) is 0.176. The maximum absolute atomic E-state index is 9.74. The standard InChI is InChI=1S/C12H8N4O/c17-11-4-2-1-3-8(11)9-6-14-10-5-13-7-15-12(10)16-9/h1-7,17H. The summed E-state index contributed by atoms with van der Waals surface area (Å²) in [6.45, 7) is 0. The predicted molar refractivity (Wildman–Crippen MR) is 62.2 cm³/mol. The lowest BCUT2D eigenvalue weighted by atomic mass is 10.1. The Morgan fingerprint density at radius 1 is 1.00 bits per heavy atom. The van der Waals surface area contributed by atoms with Gasteiger partial charge in [-0.2, -0.15) is 0 Å². The number of fused-ring (bicyclic) bond motifs is 1. The summed E-state index contributed by atoms with van der Waals surface area (Å²) in [5.41, 5.74) is 2.38. The van der Waals surface area contributed by atoms with Gasteiger partial charge >= 0.3 is 0 Å². The number of aromatic nitrogens is 4. The zero-order valence-electron chi connectivity index (χ0n) is 8.78. The van der Waals surface area contributed by atoms with E-state index in [2.05, 4.69) is 19.9 Å². The Hall–Kier alpha value is -2.56. The van der Waals surface area contributed by atoms with E-state index in [-0.39, 0.29) is 5.75 Å². The second-order valence-electron chi connectivity index (χ2n) is 3.50. The van der Waals surface area contributed by atoms with Crippen molar-refractivity contribution in [3.05, 3.63) is 43.0 Å². The van der Waals surface area contributed by atoms with Crippen LogP contribution < -0.4 is 0 Å². The molecule has 0 fully saturated rings. The molecule has 0 aliphatic carbocycles. The maximum Gasteiger partial charge on any atom is 0.181 e. The van der Waals surface area contributed by atoms with Gasteiger partial charge in [-0.1, -0.05) is 12.1 Å². The van der Waals surface area contributed by atoms with Gasteiger partial charge < -0.3 is 5.11 Å². The molecule has 5 nitrogen and oxygen atoms in total. The van der Waals surface area contributed by atoms with E-state index in [9.17, 15) is 5.11 Å². The van der Waals surface area contributed by atoms with Crippen LogP contribution in [-0.2, 0) is 0 Å². The highest BCUT2D eigenvalue weighted by atomic mass is 16.3. The molecule has 0 unspecified atom stereocenters. The smallest absolute Gasteiger partial charge is 0.181 e. The SMILES string of the molecule is Oc1ccccc1-c1cnc2cncnc2n1. The van der Waals surface area contributed by atoms with Gasteiger partial charge in [-0.05, 0) is 12.1 Å². The van der Waals surface area contributed by atoms with Crippen LogP contribution in [0.2, 0.25) is 0 Å². The number of rotatable bonds is 1. The van der Waals surface area contributed by atoms with E-state index in [1.165, 1.54) is 6.33 Å². The Bertz CT molecular complexity index is 684. The molecule has 0 radical (unpaired) electrons. The van der Waals surface area contributed by atoms with Gasteiger partial charge in [-0.3, -0.25) is 0 Å². The molecular weight excluding hydrogens is 216 g/mol. The number of aromatic hydroxyl groups is 1. The van der Waals surface area contributed by atoms with Crippen LogP contribution in [0.1, 0.15) is 0 Å². The Morgan fingerprint density at radius 3 is 2.76 bits per heavy atom. The molecule has 0 saturated heterocycles. The Kier molecular flexibility index (Phi) is 2.15. The highest BCUT2D eigenvalue weighted by Crippen LogP contribution is 2.26.